The van der Waals surface area contributed by atoms with Crippen molar-refractivity contribution < 1.29 is 9.18 Å². The van der Waals surface area contributed by atoms with E-state index in [2.05, 4.69) is 20.6 Å². The summed E-state index contributed by atoms with van der Waals surface area (Å²) in [7, 11) is 0. The van der Waals surface area contributed by atoms with Gasteiger partial charge < -0.3 is 4.90 Å². The largest absolute Gasteiger partial charge is 0.323 e. The van der Waals surface area contributed by atoms with Crippen molar-refractivity contribution in [3.63, 3.8) is 0 Å². The number of nitrogens with one attached hydrogen (secondary N) is 1. The second-order valence-corrected chi connectivity index (χ2v) is 5.70. The molecule has 0 atom stereocenters. The Hall–Kier alpha value is -3.29. The number of urea groups is 1. The van der Waals surface area contributed by atoms with Crippen LogP contribution < -0.4 is 5.32 Å². The molecule has 0 saturated heterocycles. The SMILES string of the molecule is O=C(Nc1cccnn1)N1CCn2ncc(-c3ccc(F)cc3)c2C1. The number of anilines is 1. The molecular weight excluding hydrogens is 323 g/mol. The molecule has 0 unspecified atom stereocenters. The zero-order valence-corrected chi connectivity index (χ0v) is 13.3. The lowest BCUT2D eigenvalue weighted by Gasteiger charge is -2.28. The van der Waals surface area contributed by atoms with E-state index in [4.69, 9.17) is 0 Å². The Morgan fingerprint density at radius 3 is 2.76 bits per heavy atom. The van der Waals surface area contributed by atoms with Gasteiger partial charge in [0.05, 0.1) is 25.0 Å². The molecule has 0 bridgehead atoms. The van der Waals surface area contributed by atoms with Gasteiger partial charge in [-0.15, -0.1) is 5.10 Å². The van der Waals surface area contributed by atoms with Crippen LogP contribution in [0, 0.1) is 5.82 Å². The van der Waals surface area contributed by atoms with E-state index < -0.39 is 0 Å². The van der Waals surface area contributed by atoms with Gasteiger partial charge in [0.1, 0.15) is 5.82 Å². The van der Waals surface area contributed by atoms with Crippen molar-refractivity contribution in [2.45, 2.75) is 13.1 Å². The third kappa shape index (κ3) is 3.06. The molecule has 0 radical (unpaired) electrons. The summed E-state index contributed by atoms with van der Waals surface area (Å²) in [6.07, 6.45) is 3.30. The number of benzene rings is 1. The van der Waals surface area contributed by atoms with Gasteiger partial charge in [-0.25, -0.2) is 9.18 Å². The van der Waals surface area contributed by atoms with Crippen molar-refractivity contribution in [2.75, 3.05) is 11.9 Å². The molecule has 2 aromatic heterocycles. The third-order valence-corrected chi connectivity index (χ3v) is 4.12. The van der Waals surface area contributed by atoms with Crippen LogP contribution in [0.3, 0.4) is 0 Å². The Labute approximate surface area is 143 Å². The number of aromatic nitrogens is 4. The molecule has 7 nitrogen and oxygen atoms in total. The van der Waals surface area contributed by atoms with Crippen molar-refractivity contribution in [1.82, 2.24) is 24.9 Å². The first kappa shape index (κ1) is 15.3. The van der Waals surface area contributed by atoms with Crippen LogP contribution in [0.15, 0.2) is 48.8 Å². The van der Waals surface area contributed by atoms with Crippen molar-refractivity contribution in [3.05, 3.63) is 60.3 Å². The lowest BCUT2D eigenvalue weighted by Crippen LogP contribution is -2.41. The van der Waals surface area contributed by atoms with E-state index in [1.165, 1.54) is 12.1 Å². The van der Waals surface area contributed by atoms with Gasteiger partial charge in [-0.2, -0.15) is 10.2 Å². The fraction of sp³-hybridized carbons (Fsp3) is 0.176. The monoisotopic (exact) mass is 338 g/mol. The molecule has 0 fully saturated rings. The van der Waals surface area contributed by atoms with Crippen molar-refractivity contribution in [3.8, 4) is 11.1 Å². The summed E-state index contributed by atoms with van der Waals surface area (Å²) < 4.78 is 15.0. The Kier molecular flexibility index (Phi) is 3.85. The number of fused-ring (bicyclic) bond motifs is 1. The van der Waals surface area contributed by atoms with Gasteiger partial charge in [0.2, 0.25) is 0 Å². The number of halogens is 1. The van der Waals surface area contributed by atoms with Crippen LogP contribution in [0.2, 0.25) is 0 Å². The first-order valence-corrected chi connectivity index (χ1v) is 7.85. The minimum absolute atomic E-state index is 0.238. The molecule has 0 aliphatic carbocycles. The normalized spacial score (nSPS) is 13.4. The van der Waals surface area contributed by atoms with Crippen LogP contribution in [-0.4, -0.2) is 37.5 Å². The molecule has 1 aliphatic rings. The smallest absolute Gasteiger partial charge is 0.317 e. The van der Waals surface area contributed by atoms with E-state index >= 15 is 0 Å². The highest BCUT2D eigenvalue weighted by Crippen LogP contribution is 2.27. The van der Waals surface area contributed by atoms with Gasteiger partial charge in [-0.1, -0.05) is 12.1 Å². The highest BCUT2D eigenvalue weighted by atomic mass is 19.1. The summed E-state index contributed by atoms with van der Waals surface area (Å²) in [5.41, 5.74) is 2.70. The lowest BCUT2D eigenvalue weighted by atomic mass is 10.1. The molecule has 1 aliphatic heterocycles. The number of nitrogens with zero attached hydrogens (tertiary/aromatic N) is 5. The molecule has 3 aromatic rings. The van der Waals surface area contributed by atoms with Crippen LogP contribution in [0.25, 0.3) is 11.1 Å². The van der Waals surface area contributed by atoms with E-state index in [0.29, 0.717) is 25.5 Å². The second kappa shape index (κ2) is 6.31. The minimum atomic E-state index is -0.283. The van der Waals surface area contributed by atoms with Crippen LogP contribution in [0.1, 0.15) is 5.69 Å². The van der Waals surface area contributed by atoms with Crippen molar-refractivity contribution in [2.24, 2.45) is 0 Å². The second-order valence-electron chi connectivity index (χ2n) is 5.70. The van der Waals surface area contributed by atoms with Crippen molar-refractivity contribution >= 4 is 11.8 Å². The third-order valence-electron chi connectivity index (χ3n) is 4.12. The molecule has 8 heteroatoms. The molecule has 2 amide bonds. The molecule has 25 heavy (non-hydrogen) atoms. The zero-order chi connectivity index (χ0) is 17.2. The average Bonchev–Trinajstić information content (AvgIpc) is 3.06. The highest BCUT2D eigenvalue weighted by Gasteiger charge is 2.24. The molecule has 1 aromatic carbocycles. The predicted octanol–water partition coefficient (Wildman–Crippen LogP) is 2.53. The van der Waals surface area contributed by atoms with E-state index in [9.17, 15) is 9.18 Å². The maximum absolute atomic E-state index is 13.1. The molecule has 0 spiro atoms. The average molecular weight is 338 g/mol. The summed E-state index contributed by atoms with van der Waals surface area (Å²) >= 11 is 0. The lowest BCUT2D eigenvalue weighted by molar-refractivity contribution is 0.194. The van der Waals surface area contributed by atoms with Crippen LogP contribution in [0.4, 0.5) is 15.0 Å². The van der Waals surface area contributed by atoms with Gasteiger partial charge in [0.25, 0.3) is 0 Å². The first-order valence-electron chi connectivity index (χ1n) is 7.85. The quantitative estimate of drug-likeness (QED) is 0.779. The van der Waals surface area contributed by atoms with E-state index in [0.717, 1.165) is 16.8 Å². The summed E-state index contributed by atoms with van der Waals surface area (Å²) in [5.74, 6) is 0.125. The topological polar surface area (TPSA) is 75.9 Å². The summed E-state index contributed by atoms with van der Waals surface area (Å²) in [6, 6.07) is 9.42. The van der Waals surface area contributed by atoms with E-state index in [-0.39, 0.29) is 11.8 Å². The van der Waals surface area contributed by atoms with Crippen molar-refractivity contribution in [1.29, 1.82) is 0 Å². The first-order chi connectivity index (χ1) is 12.2. The van der Waals surface area contributed by atoms with Gasteiger partial charge in [-0.05, 0) is 29.8 Å². The Morgan fingerprint density at radius 2 is 2.00 bits per heavy atom. The number of amides is 2. The number of hydrogen-bond donors (Lipinski definition) is 1. The van der Waals surface area contributed by atoms with Crippen LogP contribution in [0.5, 0.6) is 0 Å². The minimum Gasteiger partial charge on any atom is -0.317 e. The summed E-state index contributed by atoms with van der Waals surface area (Å²) in [5, 5.41) is 14.7. The van der Waals surface area contributed by atoms with Gasteiger partial charge in [0.15, 0.2) is 5.82 Å². The summed E-state index contributed by atoms with van der Waals surface area (Å²) in [6.45, 7) is 1.56. The molecule has 3 heterocycles. The van der Waals surface area contributed by atoms with Crippen LogP contribution in [-0.2, 0) is 13.1 Å². The number of carbonyl (C=O) groups is 1. The summed E-state index contributed by atoms with van der Waals surface area (Å²) in [4.78, 5) is 14.2. The number of rotatable bonds is 2. The van der Waals surface area contributed by atoms with Crippen LogP contribution >= 0.6 is 0 Å². The Balaban J connectivity index is 1.55. The molecule has 0 saturated carbocycles. The zero-order valence-electron chi connectivity index (χ0n) is 13.3. The molecule has 4 rings (SSSR count). The molecular formula is C17H15FN6O. The Bertz CT molecular complexity index is 893. The fourth-order valence-electron chi connectivity index (χ4n) is 2.85. The molecule has 1 N–H and O–H groups in total. The highest BCUT2D eigenvalue weighted by molar-refractivity contribution is 5.88. The maximum Gasteiger partial charge on any atom is 0.323 e. The Morgan fingerprint density at radius 1 is 1.16 bits per heavy atom. The van der Waals surface area contributed by atoms with Gasteiger partial charge in [0, 0.05) is 18.3 Å². The van der Waals surface area contributed by atoms with Gasteiger partial charge >= 0.3 is 6.03 Å². The predicted molar refractivity (Wildman–Crippen MR) is 89.1 cm³/mol. The fourth-order valence-corrected chi connectivity index (χ4v) is 2.85. The molecule has 126 valence electrons. The number of hydrogen-bond acceptors (Lipinski definition) is 4. The standard InChI is InChI=1S/C17H15FN6O/c18-13-5-3-12(4-6-13)14-10-20-24-9-8-23(11-15(14)24)17(25)21-16-2-1-7-19-22-16/h1-7,10H,8-9,11H2,(H,21,22,25). The van der Waals surface area contributed by atoms with Gasteiger partial charge in [-0.3, -0.25) is 10.00 Å². The van der Waals surface area contributed by atoms with E-state index in [1.807, 2.05) is 4.68 Å². The number of carbonyl (C=O) groups excluding carboxylic acids is 1. The van der Waals surface area contributed by atoms with E-state index in [1.54, 1.807) is 41.6 Å². The maximum atomic E-state index is 13.1.